The molecule has 7 aromatic rings. The lowest BCUT2D eigenvalue weighted by Crippen LogP contribution is -2.67. The summed E-state index contributed by atoms with van der Waals surface area (Å²) in [5, 5.41) is 9.38. The molecule has 2 aliphatic carbocycles. The summed E-state index contributed by atoms with van der Waals surface area (Å²) in [6, 6.07) is 69.8. The first-order valence-electron chi connectivity index (χ1n) is 28.4. The maximum Gasteiger partial charge on any atom is 0.416 e. The highest BCUT2D eigenvalue weighted by molar-refractivity contribution is 7.00. The standard InChI is InChI=1S/C68H79N3O6Si3/c1-51(72)69-46-54-47-71(63(73)77-54)62-42-41-52(45-70-62)53-43-67(49-75-79(65(5,6)7,57-33-21-13-22-34-57)58-35-23-14-24-36-58)61(48-74-78(64(2,3)4,55-29-17-11-18-30-55)56-31-19-12-20-32-56)68(67,44-53)50-76-80(66(8,9)10,59-37-25-15-26-38-59)60-39-27-16-28-40-60/h11-43,45,54,61H,44,46-50H2,1-10H3,(H,69,72)/t54-,61?,67?,68?/m0/s1. The third kappa shape index (κ3) is 10.00. The van der Waals surface area contributed by atoms with Crippen molar-refractivity contribution >= 4 is 79.5 Å². The Morgan fingerprint density at radius 3 is 1.32 bits per heavy atom. The zero-order valence-corrected chi connectivity index (χ0v) is 51.4. The highest BCUT2D eigenvalue weighted by atomic mass is 28.4. The molecule has 9 nitrogen and oxygen atoms in total. The van der Waals surface area contributed by atoms with Gasteiger partial charge in [0, 0.05) is 49.7 Å². The van der Waals surface area contributed by atoms with Crippen LogP contribution >= 0.6 is 0 Å². The number of amides is 2. The largest absolute Gasteiger partial charge is 0.442 e. The zero-order valence-electron chi connectivity index (χ0n) is 48.4. The molecular formula is C68H79N3O6Si3. The Bertz CT molecular complexity index is 3160. The van der Waals surface area contributed by atoms with E-state index in [1.54, 1.807) is 4.90 Å². The second-order valence-electron chi connectivity index (χ2n) is 25.4. The van der Waals surface area contributed by atoms with Crippen molar-refractivity contribution in [2.24, 2.45) is 16.7 Å². The molecule has 0 spiro atoms. The summed E-state index contributed by atoms with van der Waals surface area (Å²) >= 11 is 0. The van der Waals surface area contributed by atoms with Crippen LogP contribution in [0, 0.1) is 16.7 Å². The van der Waals surface area contributed by atoms with Crippen molar-refractivity contribution in [3.8, 4) is 0 Å². The number of hydrogen-bond donors (Lipinski definition) is 1. The summed E-state index contributed by atoms with van der Waals surface area (Å²) in [6.07, 6.45) is 4.16. The molecule has 1 N–H and O–H groups in total. The van der Waals surface area contributed by atoms with E-state index < -0.39 is 48.0 Å². The Morgan fingerprint density at radius 2 is 0.963 bits per heavy atom. The molecule has 6 aromatic carbocycles. The average molecular weight is 1120 g/mol. The Kier molecular flexibility index (Phi) is 15.7. The van der Waals surface area contributed by atoms with Crippen molar-refractivity contribution in [2.75, 3.05) is 37.8 Å². The molecule has 80 heavy (non-hydrogen) atoms. The first-order chi connectivity index (χ1) is 38.2. The van der Waals surface area contributed by atoms with Crippen molar-refractivity contribution in [1.29, 1.82) is 0 Å². The zero-order chi connectivity index (χ0) is 56.6. The van der Waals surface area contributed by atoms with Gasteiger partial charge in [-0.05, 0) is 75.9 Å². The number of nitrogens with one attached hydrogen (secondary N) is 1. The van der Waals surface area contributed by atoms with Gasteiger partial charge in [0.25, 0.3) is 25.0 Å². The van der Waals surface area contributed by atoms with Crippen LogP contribution in [-0.2, 0) is 22.8 Å². The number of carbonyl (C=O) groups is 2. The fraction of sp³-hybridized carbons (Fsp3) is 0.338. The van der Waals surface area contributed by atoms with E-state index in [0.29, 0.717) is 32.1 Å². The van der Waals surface area contributed by atoms with E-state index in [-0.39, 0.29) is 40.0 Å². The van der Waals surface area contributed by atoms with Gasteiger partial charge in [0.1, 0.15) is 11.9 Å². The number of anilines is 1. The van der Waals surface area contributed by atoms with Crippen LogP contribution in [0.25, 0.3) is 5.57 Å². The van der Waals surface area contributed by atoms with Crippen molar-refractivity contribution < 1.29 is 27.6 Å². The molecule has 2 heterocycles. The molecular weight excluding hydrogens is 1040 g/mol. The Hall–Kier alpha value is -6.52. The molecule has 1 saturated heterocycles. The first-order valence-corrected chi connectivity index (χ1v) is 34.1. The third-order valence-electron chi connectivity index (χ3n) is 17.7. The minimum Gasteiger partial charge on any atom is -0.442 e. The van der Waals surface area contributed by atoms with E-state index in [1.165, 1.54) is 38.0 Å². The summed E-state index contributed by atoms with van der Waals surface area (Å²) < 4.78 is 30.2. The molecule has 2 fully saturated rings. The van der Waals surface area contributed by atoms with Gasteiger partial charge in [-0.3, -0.25) is 9.69 Å². The Balaban J connectivity index is 1.16. The van der Waals surface area contributed by atoms with E-state index in [4.69, 9.17) is 23.0 Å². The quantitative estimate of drug-likeness (QED) is 0.0806. The number of nitrogens with zero attached hydrogens (tertiary/aromatic N) is 2. The van der Waals surface area contributed by atoms with Crippen LogP contribution in [-0.4, -0.2) is 81.0 Å². The minimum absolute atomic E-state index is 0.0241. The summed E-state index contributed by atoms with van der Waals surface area (Å²) in [5.74, 6) is 0.300. The van der Waals surface area contributed by atoms with Crippen LogP contribution in [0.5, 0.6) is 0 Å². The van der Waals surface area contributed by atoms with Crippen molar-refractivity contribution in [2.45, 2.75) is 96.9 Å². The number of cyclic esters (lactones) is 1. The van der Waals surface area contributed by atoms with Gasteiger partial charge in [0.15, 0.2) is 0 Å². The SMILES string of the molecule is CC(=O)NC[C@H]1CN(c2ccc(C3=CC4(CO[Si](c5ccccc5)(c5ccccc5)C(C)(C)C)C(CO[Si](c5ccccc5)(c5ccccc5)C(C)(C)C)C4(CO[Si](c4ccccc4)(c4ccccc4)C(C)(C)C)C3)cn2)C(=O)O1. The average Bonchev–Trinajstić information content (AvgIpc) is 3.92. The Morgan fingerprint density at radius 1 is 0.575 bits per heavy atom. The van der Waals surface area contributed by atoms with Gasteiger partial charge in [-0.15, -0.1) is 0 Å². The molecule has 1 aromatic heterocycles. The molecule has 1 saturated carbocycles. The third-order valence-corrected chi connectivity index (χ3v) is 32.7. The smallest absolute Gasteiger partial charge is 0.416 e. The predicted octanol–water partition coefficient (Wildman–Crippen LogP) is 10.7. The van der Waals surface area contributed by atoms with Crippen molar-refractivity contribution in [3.05, 3.63) is 212 Å². The molecule has 414 valence electrons. The van der Waals surface area contributed by atoms with Crippen molar-refractivity contribution in [1.82, 2.24) is 10.3 Å². The number of ether oxygens (including phenoxy) is 1. The lowest BCUT2D eigenvalue weighted by atomic mass is 9.94. The monoisotopic (exact) mass is 1120 g/mol. The van der Waals surface area contributed by atoms with Gasteiger partial charge in [-0.2, -0.15) is 0 Å². The molecule has 0 radical (unpaired) electrons. The van der Waals surface area contributed by atoms with Gasteiger partial charge in [-0.1, -0.05) is 250 Å². The second kappa shape index (κ2) is 22.1. The van der Waals surface area contributed by atoms with Crippen LogP contribution in [0.3, 0.4) is 0 Å². The van der Waals surface area contributed by atoms with E-state index in [1.807, 2.05) is 12.3 Å². The fourth-order valence-corrected chi connectivity index (χ4v) is 27.7. The minimum atomic E-state index is -3.12. The molecule has 3 unspecified atom stereocenters. The van der Waals surface area contributed by atoms with Gasteiger partial charge in [-0.25, -0.2) is 9.78 Å². The molecule has 12 heteroatoms. The van der Waals surface area contributed by atoms with E-state index in [0.717, 1.165) is 11.1 Å². The first kappa shape index (κ1) is 56.7. The predicted molar refractivity (Wildman–Crippen MR) is 332 cm³/mol. The normalized spacial score (nSPS) is 20.4. The summed E-state index contributed by atoms with van der Waals surface area (Å²) in [4.78, 5) is 31.6. The lowest BCUT2D eigenvalue weighted by molar-refractivity contribution is -0.119. The van der Waals surface area contributed by atoms with Crippen LogP contribution in [0.4, 0.5) is 10.6 Å². The fourth-order valence-electron chi connectivity index (χ4n) is 13.9. The maximum atomic E-state index is 13.3. The number of allylic oxidation sites excluding steroid dienone is 1. The van der Waals surface area contributed by atoms with Crippen LogP contribution in [0.1, 0.15) is 81.2 Å². The molecule has 10 rings (SSSR count). The van der Waals surface area contributed by atoms with Gasteiger partial charge in [0.05, 0.1) is 13.1 Å². The maximum absolute atomic E-state index is 13.3. The van der Waals surface area contributed by atoms with Crippen LogP contribution in [0.2, 0.25) is 15.1 Å². The number of benzene rings is 6. The van der Waals surface area contributed by atoms with Crippen LogP contribution in [0.15, 0.2) is 206 Å². The number of aromatic nitrogens is 1. The highest BCUT2D eigenvalue weighted by Crippen LogP contribution is 2.78. The number of carbonyl (C=O) groups excluding carboxylic acids is 2. The summed E-state index contributed by atoms with van der Waals surface area (Å²) in [7, 11) is -9.28. The number of fused-ring (bicyclic) bond motifs is 1. The molecule has 0 bridgehead atoms. The van der Waals surface area contributed by atoms with E-state index in [2.05, 4.69) is 262 Å². The molecule has 1 aliphatic heterocycles. The molecule has 2 amide bonds. The highest BCUT2D eigenvalue weighted by Gasteiger charge is 2.79. The van der Waals surface area contributed by atoms with Gasteiger partial charge in [0.2, 0.25) is 5.91 Å². The summed E-state index contributed by atoms with van der Waals surface area (Å²) in [6.45, 7) is 24.6. The van der Waals surface area contributed by atoms with Crippen molar-refractivity contribution in [3.63, 3.8) is 0 Å². The van der Waals surface area contributed by atoms with Gasteiger partial charge < -0.3 is 23.3 Å². The van der Waals surface area contributed by atoms with E-state index in [9.17, 15) is 9.59 Å². The van der Waals surface area contributed by atoms with Gasteiger partial charge >= 0.3 is 6.09 Å². The van der Waals surface area contributed by atoms with Crippen LogP contribution < -0.4 is 41.3 Å². The van der Waals surface area contributed by atoms with E-state index >= 15 is 0 Å². The Labute approximate surface area is 478 Å². The second-order valence-corrected chi connectivity index (χ2v) is 38.3. The molecule has 3 aliphatic rings. The number of hydrogen-bond acceptors (Lipinski definition) is 7. The topological polar surface area (TPSA) is 99.2 Å². The summed E-state index contributed by atoms with van der Waals surface area (Å²) in [5.41, 5.74) is 1.07. The number of pyridine rings is 1. The number of rotatable bonds is 19. The molecule has 4 atom stereocenters. The lowest BCUT2D eigenvalue weighted by Gasteiger charge is -2.45.